The second kappa shape index (κ2) is 4.90. The van der Waals surface area contributed by atoms with Gasteiger partial charge >= 0.3 is 0 Å². The van der Waals surface area contributed by atoms with Gasteiger partial charge in [0.25, 0.3) is 0 Å². The van der Waals surface area contributed by atoms with E-state index in [1.807, 2.05) is 6.07 Å². The van der Waals surface area contributed by atoms with Crippen molar-refractivity contribution in [3.05, 3.63) is 11.9 Å². The second-order valence-corrected chi connectivity index (χ2v) is 5.02. The van der Waals surface area contributed by atoms with Crippen molar-refractivity contribution in [3.63, 3.8) is 0 Å². The Labute approximate surface area is 103 Å². The van der Waals surface area contributed by atoms with Gasteiger partial charge in [-0.25, -0.2) is 9.97 Å². The highest BCUT2D eigenvalue weighted by Gasteiger charge is 2.37. The monoisotopic (exact) mass is 234 g/mol. The predicted octanol–water partition coefficient (Wildman–Crippen LogP) is 2.83. The Morgan fingerprint density at radius 3 is 2.53 bits per heavy atom. The molecule has 1 aromatic rings. The third-order valence-electron chi connectivity index (χ3n) is 3.07. The molecule has 17 heavy (non-hydrogen) atoms. The maximum atomic E-state index is 4.52. The van der Waals surface area contributed by atoms with Gasteiger partial charge in [0.05, 0.1) is 0 Å². The first-order valence-electron chi connectivity index (χ1n) is 6.55. The zero-order chi connectivity index (χ0) is 12.3. The van der Waals surface area contributed by atoms with Crippen molar-refractivity contribution in [1.82, 2.24) is 9.97 Å². The fourth-order valence-electron chi connectivity index (χ4n) is 1.68. The number of nitrogens with one attached hydrogen (secondary N) is 2. The van der Waals surface area contributed by atoms with E-state index in [9.17, 15) is 0 Å². The molecule has 1 heterocycles. The number of aromatic nitrogens is 2. The maximum Gasteiger partial charge on any atom is 0.132 e. The Morgan fingerprint density at radius 2 is 1.94 bits per heavy atom. The summed E-state index contributed by atoms with van der Waals surface area (Å²) in [5.74, 6) is 2.79. The minimum Gasteiger partial charge on any atom is -0.370 e. The van der Waals surface area contributed by atoms with Gasteiger partial charge in [0.1, 0.15) is 17.5 Å². The molecule has 0 aliphatic heterocycles. The van der Waals surface area contributed by atoms with E-state index in [4.69, 9.17) is 0 Å². The van der Waals surface area contributed by atoms with E-state index in [1.54, 1.807) is 0 Å². The normalized spacial score (nSPS) is 16.6. The standard InChI is InChI=1S/C13H22N4/c1-4-8-14-11-9-12(16-10(5-2)15-11)17-13(3)6-7-13/h9H,4-8H2,1-3H3,(H2,14,15,16,17). The zero-order valence-electron chi connectivity index (χ0n) is 11.0. The molecule has 0 aromatic carbocycles. The highest BCUT2D eigenvalue weighted by atomic mass is 15.1. The van der Waals surface area contributed by atoms with Gasteiger partial charge in [-0.15, -0.1) is 0 Å². The molecule has 0 spiro atoms. The summed E-state index contributed by atoms with van der Waals surface area (Å²) in [5, 5.41) is 6.82. The van der Waals surface area contributed by atoms with Crippen LogP contribution in [0.1, 0.15) is 45.9 Å². The van der Waals surface area contributed by atoms with E-state index < -0.39 is 0 Å². The first-order chi connectivity index (χ1) is 8.15. The average molecular weight is 234 g/mol. The molecule has 2 rings (SSSR count). The quantitative estimate of drug-likeness (QED) is 0.794. The second-order valence-electron chi connectivity index (χ2n) is 5.02. The van der Waals surface area contributed by atoms with Gasteiger partial charge < -0.3 is 10.6 Å². The predicted molar refractivity (Wildman–Crippen MR) is 71.5 cm³/mol. The van der Waals surface area contributed by atoms with Gasteiger partial charge in [0.15, 0.2) is 0 Å². The van der Waals surface area contributed by atoms with E-state index in [2.05, 4.69) is 41.4 Å². The van der Waals surface area contributed by atoms with Crippen molar-refractivity contribution in [2.24, 2.45) is 0 Å². The summed E-state index contributed by atoms with van der Waals surface area (Å²) in [6.45, 7) is 7.43. The molecule has 1 fully saturated rings. The lowest BCUT2D eigenvalue weighted by atomic mass is 10.3. The molecule has 4 heteroatoms. The molecule has 0 bridgehead atoms. The summed E-state index contributed by atoms with van der Waals surface area (Å²) in [6, 6.07) is 2.01. The molecule has 0 radical (unpaired) electrons. The third-order valence-corrected chi connectivity index (χ3v) is 3.07. The van der Waals surface area contributed by atoms with Gasteiger partial charge in [-0.2, -0.15) is 0 Å². The Morgan fingerprint density at radius 1 is 1.24 bits per heavy atom. The lowest BCUT2D eigenvalue weighted by molar-refractivity contribution is 0.811. The number of hydrogen-bond donors (Lipinski definition) is 2. The van der Waals surface area contributed by atoms with E-state index in [1.165, 1.54) is 12.8 Å². The molecule has 94 valence electrons. The number of nitrogens with zero attached hydrogens (tertiary/aromatic N) is 2. The minimum atomic E-state index is 0.265. The molecule has 0 unspecified atom stereocenters. The molecule has 1 aliphatic rings. The van der Waals surface area contributed by atoms with Crippen LogP contribution in [0.4, 0.5) is 11.6 Å². The number of rotatable bonds is 6. The van der Waals surface area contributed by atoms with Crippen molar-refractivity contribution in [2.75, 3.05) is 17.2 Å². The fraction of sp³-hybridized carbons (Fsp3) is 0.692. The van der Waals surface area contributed by atoms with Crippen LogP contribution in [-0.2, 0) is 6.42 Å². The summed E-state index contributed by atoms with van der Waals surface area (Å²) < 4.78 is 0. The largest absolute Gasteiger partial charge is 0.370 e. The van der Waals surface area contributed by atoms with Crippen LogP contribution in [0.5, 0.6) is 0 Å². The Kier molecular flexibility index (Phi) is 3.50. The van der Waals surface area contributed by atoms with Gasteiger partial charge in [0, 0.05) is 24.6 Å². The molecule has 1 aromatic heterocycles. The molecule has 0 atom stereocenters. The Bertz CT molecular complexity index is 385. The summed E-state index contributed by atoms with van der Waals surface area (Å²) in [7, 11) is 0. The maximum absolute atomic E-state index is 4.52. The van der Waals surface area contributed by atoms with Crippen molar-refractivity contribution in [2.45, 2.75) is 52.0 Å². The topological polar surface area (TPSA) is 49.8 Å². The smallest absolute Gasteiger partial charge is 0.132 e. The highest BCUT2D eigenvalue weighted by Crippen LogP contribution is 2.37. The van der Waals surface area contributed by atoms with E-state index in [-0.39, 0.29) is 5.54 Å². The third kappa shape index (κ3) is 3.32. The van der Waals surface area contributed by atoms with Crippen LogP contribution in [0.2, 0.25) is 0 Å². The summed E-state index contributed by atoms with van der Waals surface area (Å²) in [4.78, 5) is 9.00. The van der Waals surface area contributed by atoms with Crippen LogP contribution in [0.3, 0.4) is 0 Å². The molecular weight excluding hydrogens is 212 g/mol. The van der Waals surface area contributed by atoms with Gasteiger partial charge in [0.2, 0.25) is 0 Å². The average Bonchev–Trinajstić information content (AvgIpc) is 3.03. The summed E-state index contributed by atoms with van der Waals surface area (Å²) in [6.07, 6.45) is 4.44. The molecule has 0 saturated heterocycles. The molecule has 4 nitrogen and oxygen atoms in total. The van der Waals surface area contributed by atoms with Crippen molar-refractivity contribution in [3.8, 4) is 0 Å². The first kappa shape index (κ1) is 12.1. The minimum absolute atomic E-state index is 0.265. The van der Waals surface area contributed by atoms with Gasteiger partial charge in [-0.3, -0.25) is 0 Å². The molecular formula is C13H22N4. The Hall–Kier alpha value is -1.32. The zero-order valence-corrected chi connectivity index (χ0v) is 11.0. The molecule has 2 N–H and O–H groups in total. The molecule has 1 saturated carbocycles. The number of aryl methyl sites for hydroxylation is 1. The fourth-order valence-corrected chi connectivity index (χ4v) is 1.68. The van der Waals surface area contributed by atoms with Crippen molar-refractivity contribution in [1.29, 1.82) is 0 Å². The van der Waals surface area contributed by atoms with E-state index >= 15 is 0 Å². The summed E-state index contributed by atoms with van der Waals surface area (Å²) in [5.41, 5.74) is 0.265. The lowest BCUT2D eigenvalue weighted by Crippen LogP contribution is -2.18. The van der Waals surface area contributed by atoms with Crippen LogP contribution in [0, 0.1) is 0 Å². The van der Waals surface area contributed by atoms with Crippen LogP contribution in [0.25, 0.3) is 0 Å². The first-order valence-corrected chi connectivity index (χ1v) is 6.55. The molecule has 1 aliphatic carbocycles. The Balaban J connectivity index is 2.12. The number of hydrogen-bond acceptors (Lipinski definition) is 4. The van der Waals surface area contributed by atoms with Gasteiger partial charge in [-0.1, -0.05) is 13.8 Å². The van der Waals surface area contributed by atoms with E-state index in [0.717, 1.165) is 36.8 Å². The van der Waals surface area contributed by atoms with Crippen LogP contribution in [0.15, 0.2) is 6.07 Å². The lowest BCUT2D eigenvalue weighted by Gasteiger charge is -2.14. The summed E-state index contributed by atoms with van der Waals surface area (Å²) >= 11 is 0. The molecule has 0 amide bonds. The van der Waals surface area contributed by atoms with Crippen LogP contribution in [-0.4, -0.2) is 22.1 Å². The highest BCUT2D eigenvalue weighted by molar-refractivity contribution is 5.49. The van der Waals surface area contributed by atoms with Crippen LogP contribution >= 0.6 is 0 Å². The number of anilines is 2. The van der Waals surface area contributed by atoms with Gasteiger partial charge in [-0.05, 0) is 26.2 Å². The van der Waals surface area contributed by atoms with Crippen molar-refractivity contribution < 1.29 is 0 Å². The van der Waals surface area contributed by atoms with E-state index in [0.29, 0.717) is 0 Å². The van der Waals surface area contributed by atoms with Crippen LogP contribution < -0.4 is 10.6 Å². The van der Waals surface area contributed by atoms with Crippen molar-refractivity contribution >= 4 is 11.6 Å². The SMILES string of the molecule is CCCNc1cc(NC2(C)CC2)nc(CC)n1.